The van der Waals surface area contributed by atoms with E-state index in [-0.39, 0.29) is 0 Å². The van der Waals surface area contributed by atoms with Gasteiger partial charge < -0.3 is 9.88 Å². The van der Waals surface area contributed by atoms with Crippen LogP contribution in [0.1, 0.15) is 12.6 Å². The molecule has 0 aliphatic heterocycles. The van der Waals surface area contributed by atoms with E-state index in [4.69, 9.17) is 0 Å². The first-order valence-corrected chi connectivity index (χ1v) is 5.93. The minimum absolute atomic E-state index is 0.761. The van der Waals surface area contributed by atoms with Gasteiger partial charge in [-0.1, -0.05) is 0 Å². The molecule has 0 aliphatic carbocycles. The Morgan fingerprint density at radius 1 is 1.38 bits per heavy atom. The summed E-state index contributed by atoms with van der Waals surface area (Å²) in [7, 11) is 0. The number of rotatable bonds is 4. The standard InChI is InChI=1S/C11H13BrN4/c1-2-16-8-13-6-10(16)7-14-9-3-4-11(12)15-5-9/h3-6,8,14H,2,7H2,1H3. The van der Waals surface area contributed by atoms with Crippen molar-refractivity contribution in [2.45, 2.75) is 20.0 Å². The molecule has 0 aliphatic rings. The van der Waals surface area contributed by atoms with Gasteiger partial charge in [-0.15, -0.1) is 0 Å². The molecule has 2 aromatic rings. The molecule has 0 unspecified atom stereocenters. The lowest BCUT2D eigenvalue weighted by Gasteiger charge is -2.07. The quantitative estimate of drug-likeness (QED) is 0.876. The molecule has 2 rings (SSSR count). The van der Waals surface area contributed by atoms with Crippen LogP contribution in [0, 0.1) is 0 Å². The summed E-state index contributed by atoms with van der Waals surface area (Å²) < 4.78 is 2.95. The Kier molecular flexibility index (Phi) is 3.56. The van der Waals surface area contributed by atoms with E-state index in [1.54, 1.807) is 6.20 Å². The van der Waals surface area contributed by atoms with Gasteiger partial charge in [0.1, 0.15) is 4.60 Å². The molecule has 0 amide bonds. The van der Waals surface area contributed by atoms with Gasteiger partial charge in [0, 0.05) is 12.7 Å². The SMILES string of the molecule is CCn1cncc1CNc1ccc(Br)nc1. The van der Waals surface area contributed by atoms with Crippen LogP contribution in [-0.4, -0.2) is 14.5 Å². The summed E-state index contributed by atoms with van der Waals surface area (Å²) in [5.41, 5.74) is 2.18. The van der Waals surface area contributed by atoms with Crippen LogP contribution >= 0.6 is 15.9 Å². The molecule has 2 heterocycles. The van der Waals surface area contributed by atoms with Crippen LogP contribution in [0.3, 0.4) is 0 Å². The molecule has 0 aromatic carbocycles. The van der Waals surface area contributed by atoms with Crippen molar-refractivity contribution >= 4 is 21.6 Å². The van der Waals surface area contributed by atoms with E-state index in [0.717, 1.165) is 23.4 Å². The highest BCUT2D eigenvalue weighted by atomic mass is 79.9. The Morgan fingerprint density at radius 3 is 2.94 bits per heavy atom. The summed E-state index contributed by atoms with van der Waals surface area (Å²) in [6.45, 7) is 3.80. The molecule has 0 fully saturated rings. The molecule has 84 valence electrons. The van der Waals surface area contributed by atoms with Gasteiger partial charge >= 0.3 is 0 Å². The summed E-state index contributed by atoms with van der Waals surface area (Å²) in [6.07, 6.45) is 5.52. The zero-order valence-corrected chi connectivity index (χ0v) is 10.6. The van der Waals surface area contributed by atoms with Crippen molar-refractivity contribution in [3.8, 4) is 0 Å². The maximum Gasteiger partial charge on any atom is 0.106 e. The first kappa shape index (κ1) is 11.1. The molecule has 0 spiro atoms. The highest BCUT2D eigenvalue weighted by Crippen LogP contribution is 2.11. The van der Waals surface area contributed by atoms with E-state index in [2.05, 4.69) is 42.7 Å². The molecule has 4 nitrogen and oxygen atoms in total. The lowest BCUT2D eigenvalue weighted by Crippen LogP contribution is -2.05. The molecule has 0 radical (unpaired) electrons. The number of hydrogen-bond donors (Lipinski definition) is 1. The summed E-state index contributed by atoms with van der Waals surface area (Å²) in [6, 6.07) is 3.91. The van der Waals surface area contributed by atoms with Gasteiger partial charge in [-0.2, -0.15) is 0 Å². The van der Waals surface area contributed by atoms with Gasteiger partial charge in [-0.05, 0) is 35.0 Å². The second kappa shape index (κ2) is 5.12. The van der Waals surface area contributed by atoms with Gasteiger partial charge in [-0.3, -0.25) is 0 Å². The third-order valence-electron chi connectivity index (χ3n) is 2.34. The van der Waals surface area contributed by atoms with Crippen molar-refractivity contribution in [3.05, 3.63) is 41.2 Å². The highest BCUT2D eigenvalue weighted by molar-refractivity contribution is 9.10. The molecule has 0 atom stereocenters. The normalized spacial score (nSPS) is 10.4. The number of nitrogens with zero attached hydrogens (tertiary/aromatic N) is 3. The van der Waals surface area contributed by atoms with E-state index in [1.165, 1.54) is 5.69 Å². The average Bonchev–Trinajstić information content (AvgIpc) is 2.76. The number of anilines is 1. The van der Waals surface area contributed by atoms with Crippen LogP contribution < -0.4 is 5.32 Å². The van der Waals surface area contributed by atoms with E-state index < -0.39 is 0 Å². The zero-order chi connectivity index (χ0) is 11.4. The average molecular weight is 281 g/mol. The van der Waals surface area contributed by atoms with Crippen molar-refractivity contribution in [3.63, 3.8) is 0 Å². The fourth-order valence-corrected chi connectivity index (χ4v) is 1.69. The molecule has 2 aromatic heterocycles. The number of imidazole rings is 1. The van der Waals surface area contributed by atoms with E-state index in [0.29, 0.717) is 0 Å². The van der Waals surface area contributed by atoms with Gasteiger partial charge in [-0.25, -0.2) is 9.97 Å². The van der Waals surface area contributed by atoms with Gasteiger partial charge in [0.05, 0.1) is 30.5 Å². The maximum atomic E-state index is 4.15. The first-order chi connectivity index (χ1) is 7.79. The van der Waals surface area contributed by atoms with Crippen molar-refractivity contribution in [2.24, 2.45) is 0 Å². The van der Waals surface area contributed by atoms with Gasteiger partial charge in [0.25, 0.3) is 0 Å². The Labute approximate surface area is 103 Å². The fraction of sp³-hybridized carbons (Fsp3) is 0.273. The first-order valence-electron chi connectivity index (χ1n) is 5.14. The monoisotopic (exact) mass is 280 g/mol. The largest absolute Gasteiger partial charge is 0.378 e. The Bertz CT molecular complexity index is 449. The predicted molar refractivity (Wildman–Crippen MR) is 67.2 cm³/mol. The third kappa shape index (κ3) is 2.61. The Morgan fingerprint density at radius 2 is 2.25 bits per heavy atom. The fourth-order valence-electron chi connectivity index (χ4n) is 1.45. The molecule has 0 saturated heterocycles. The molecule has 5 heteroatoms. The number of nitrogens with one attached hydrogen (secondary N) is 1. The molecule has 0 saturated carbocycles. The van der Waals surface area contributed by atoms with Crippen molar-refractivity contribution in [1.82, 2.24) is 14.5 Å². The molecule has 1 N–H and O–H groups in total. The minimum Gasteiger partial charge on any atom is -0.378 e. The maximum absolute atomic E-state index is 4.15. The molecular weight excluding hydrogens is 268 g/mol. The van der Waals surface area contributed by atoms with Crippen LogP contribution in [0.15, 0.2) is 35.5 Å². The van der Waals surface area contributed by atoms with E-state index in [9.17, 15) is 0 Å². The number of aryl methyl sites for hydroxylation is 1. The molecular formula is C11H13BrN4. The van der Waals surface area contributed by atoms with Crippen LogP contribution in [-0.2, 0) is 13.1 Å². The van der Waals surface area contributed by atoms with E-state index >= 15 is 0 Å². The van der Waals surface area contributed by atoms with Crippen molar-refractivity contribution < 1.29 is 0 Å². The van der Waals surface area contributed by atoms with Gasteiger partial charge in [0.2, 0.25) is 0 Å². The van der Waals surface area contributed by atoms with Gasteiger partial charge in [0.15, 0.2) is 0 Å². The minimum atomic E-state index is 0.761. The molecule has 16 heavy (non-hydrogen) atoms. The lowest BCUT2D eigenvalue weighted by molar-refractivity contribution is 0.719. The van der Waals surface area contributed by atoms with E-state index in [1.807, 2.05) is 24.7 Å². The van der Waals surface area contributed by atoms with Crippen LogP contribution in [0.4, 0.5) is 5.69 Å². The van der Waals surface area contributed by atoms with Crippen LogP contribution in [0.5, 0.6) is 0 Å². The Balaban J connectivity index is 1.99. The number of hydrogen-bond acceptors (Lipinski definition) is 3. The number of halogens is 1. The number of aromatic nitrogens is 3. The Hall–Kier alpha value is -1.36. The zero-order valence-electron chi connectivity index (χ0n) is 9.02. The van der Waals surface area contributed by atoms with Crippen LogP contribution in [0.2, 0.25) is 0 Å². The van der Waals surface area contributed by atoms with Crippen molar-refractivity contribution in [2.75, 3.05) is 5.32 Å². The highest BCUT2D eigenvalue weighted by Gasteiger charge is 2.00. The number of pyridine rings is 1. The van der Waals surface area contributed by atoms with Crippen molar-refractivity contribution in [1.29, 1.82) is 0 Å². The summed E-state index contributed by atoms with van der Waals surface area (Å²) in [5, 5.41) is 3.30. The predicted octanol–water partition coefficient (Wildman–Crippen LogP) is 2.67. The summed E-state index contributed by atoms with van der Waals surface area (Å²) >= 11 is 3.31. The summed E-state index contributed by atoms with van der Waals surface area (Å²) in [4.78, 5) is 8.27. The second-order valence-electron chi connectivity index (χ2n) is 3.39. The second-order valence-corrected chi connectivity index (χ2v) is 4.21. The summed E-state index contributed by atoms with van der Waals surface area (Å²) in [5.74, 6) is 0. The topological polar surface area (TPSA) is 42.7 Å². The lowest BCUT2D eigenvalue weighted by atomic mass is 10.4. The third-order valence-corrected chi connectivity index (χ3v) is 2.81. The smallest absolute Gasteiger partial charge is 0.106 e. The molecule has 0 bridgehead atoms. The van der Waals surface area contributed by atoms with Crippen LogP contribution in [0.25, 0.3) is 0 Å².